The van der Waals surface area contributed by atoms with Gasteiger partial charge in [0.15, 0.2) is 6.61 Å². The summed E-state index contributed by atoms with van der Waals surface area (Å²) in [6.07, 6.45) is 4.33. The maximum Gasteiger partial charge on any atom is 0.277 e. The SMILES string of the molecule is CC(C)(C)c1ccc(OCC(=O)NN=C2CCCC2)cc1. The third-order valence-corrected chi connectivity index (χ3v) is 3.61. The van der Waals surface area contributed by atoms with Crippen LogP contribution in [0.5, 0.6) is 5.75 Å². The second-order valence-electron chi connectivity index (χ2n) is 6.48. The number of hydrazone groups is 1. The predicted octanol–water partition coefficient (Wildman–Crippen LogP) is 3.41. The zero-order valence-electron chi connectivity index (χ0n) is 13.1. The first-order chi connectivity index (χ1) is 9.95. The molecule has 1 saturated carbocycles. The Balaban J connectivity index is 1.79. The van der Waals surface area contributed by atoms with E-state index in [9.17, 15) is 4.79 Å². The molecule has 0 aliphatic heterocycles. The molecule has 0 bridgehead atoms. The number of benzene rings is 1. The monoisotopic (exact) mass is 288 g/mol. The Kier molecular flexibility index (Phi) is 4.99. The van der Waals surface area contributed by atoms with Gasteiger partial charge in [-0.2, -0.15) is 5.10 Å². The van der Waals surface area contributed by atoms with Crippen LogP contribution in [0, 0.1) is 0 Å². The molecule has 1 aliphatic carbocycles. The molecule has 114 valence electrons. The molecule has 1 aromatic carbocycles. The van der Waals surface area contributed by atoms with Crippen LogP contribution in [0.3, 0.4) is 0 Å². The summed E-state index contributed by atoms with van der Waals surface area (Å²) in [5.74, 6) is 0.487. The first kappa shape index (κ1) is 15.5. The van der Waals surface area contributed by atoms with Gasteiger partial charge in [-0.15, -0.1) is 0 Å². The van der Waals surface area contributed by atoms with Crippen molar-refractivity contribution in [3.8, 4) is 5.75 Å². The van der Waals surface area contributed by atoms with Crippen LogP contribution < -0.4 is 10.2 Å². The number of rotatable bonds is 4. The highest BCUT2D eigenvalue weighted by molar-refractivity contribution is 5.87. The van der Waals surface area contributed by atoms with Gasteiger partial charge in [-0.25, -0.2) is 5.43 Å². The van der Waals surface area contributed by atoms with Gasteiger partial charge in [0.2, 0.25) is 0 Å². The van der Waals surface area contributed by atoms with Gasteiger partial charge < -0.3 is 4.74 Å². The normalized spacial score (nSPS) is 14.9. The van der Waals surface area contributed by atoms with E-state index in [1.165, 1.54) is 18.4 Å². The van der Waals surface area contributed by atoms with Crippen molar-refractivity contribution in [1.29, 1.82) is 0 Å². The van der Waals surface area contributed by atoms with E-state index >= 15 is 0 Å². The highest BCUT2D eigenvalue weighted by Gasteiger charge is 2.13. The first-order valence-corrected chi connectivity index (χ1v) is 7.53. The number of hydrogen-bond donors (Lipinski definition) is 1. The van der Waals surface area contributed by atoms with Crippen LogP contribution in [0.15, 0.2) is 29.4 Å². The molecule has 1 amide bonds. The Labute approximate surface area is 126 Å². The third-order valence-electron chi connectivity index (χ3n) is 3.61. The lowest BCUT2D eigenvalue weighted by molar-refractivity contribution is -0.123. The van der Waals surface area contributed by atoms with Gasteiger partial charge in [-0.05, 0) is 48.8 Å². The number of amides is 1. The van der Waals surface area contributed by atoms with Gasteiger partial charge in [-0.1, -0.05) is 32.9 Å². The van der Waals surface area contributed by atoms with E-state index in [0.29, 0.717) is 5.75 Å². The molecular formula is C17H24N2O2. The maximum absolute atomic E-state index is 11.7. The Hall–Kier alpha value is -1.84. The number of hydrogen-bond acceptors (Lipinski definition) is 3. The predicted molar refractivity (Wildman–Crippen MR) is 84.7 cm³/mol. The molecule has 1 fully saturated rings. The van der Waals surface area contributed by atoms with Crippen LogP contribution in [-0.4, -0.2) is 18.2 Å². The highest BCUT2D eigenvalue weighted by Crippen LogP contribution is 2.24. The fraction of sp³-hybridized carbons (Fsp3) is 0.529. The van der Waals surface area contributed by atoms with Crippen LogP contribution in [0.1, 0.15) is 52.0 Å². The van der Waals surface area contributed by atoms with Gasteiger partial charge in [0, 0.05) is 5.71 Å². The summed E-state index contributed by atoms with van der Waals surface area (Å²) in [5.41, 5.74) is 5.00. The lowest BCUT2D eigenvalue weighted by atomic mass is 9.87. The van der Waals surface area contributed by atoms with Crippen LogP contribution >= 0.6 is 0 Å². The van der Waals surface area contributed by atoms with E-state index in [1.54, 1.807) is 0 Å². The van der Waals surface area contributed by atoms with Gasteiger partial charge >= 0.3 is 0 Å². The molecule has 1 N–H and O–H groups in total. The fourth-order valence-electron chi connectivity index (χ4n) is 2.27. The van der Waals surface area contributed by atoms with Crippen LogP contribution in [0.4, 0.5) is 0 Å². The topological polar surface area (TPSA) is 50.7 Å². The number of carbonyl (C=O) groups excluding carboxylic acids is 1. The molecule has 0 unspecified atom stereocenters. The van der Waals surface area contributed by atoms with E-state index in [4.69, 9.17) is 4.74 Å². The average Bonchev–Trinajstić information content (AvgIpc) is 2.95. The molecule has 0 heterocycles. The number of nitrogens with one attached hydrogen (secondary N) is 1. The van der Waals surface area contributed by atoms with Crippen molar-refractivity contribution >= 4 is 11.6 Å². The van der Waals surface area contributed by atoms with E-state index in [0.717, 1.165) is 18.6 Å². The quantitative estimate of drug-likeness (QED) is 0.863. The number of nitrogens with zero attached hydrogens (tertiary/aromatic N) is 1. The summed E-state index contributed by atoms with van der Waals surface area (Å²) in [7, 11) is 0. The Morgan fingerprint density at radius 2 is 1.81 bits per heavy atom. The Morgan fingerprint density at radius 1 is 1.19 bits per heavy atom. The van der Waals surface area contributed by atoms with Crippen molar-refractivity contribution in [2.45, 2.75) is 51.9 Å². The molecule has 1 aliphatic rings. The van der Waals surface area contributed by atoms with Crippen molar-refractivity contribution in [3.63, 3.8) is 0 Å². The largest absolute Gasteiger partial charge is 0.484 e. The molecule has 21 heavy (non-hydrogen) atoms. The van der Waals surface area contributed by atoms with Crippen molar-refractivity contribution in [3.05, 3.63) is 29.8 Å². The van der Waals surface area contributed by atoms with Crippen LogP contribution in [0.25, 0.3) is 0 Å². The average molecular weight is 288 g/mol. The van der Waals surface area contributed by atoms with Crippen molar-refractivity contribution in [2.75, 3.05) is 6.61 Å². The zero-order chi connectivity index (χ0) is 15.3. The molecule has 0 aromatic heterocycles. The molecule has 2 rings (SSSR count). The van der Waals surface area contributed by atoms with Gasteiger partial charge in [0.05, 0.1) is 0 Å². The summed E-state index contributed by atoms with van der Waals surface area (Å²) in [6.45, 7) is 6.49. The number of ether oxygens (including phenoxy) is 1. The lowest BCUT2D eigenvalue weighted by Crippen LogP contribution is -2.25. The molecular weight excluding hydrogens is 264 g/mol. The molecule has 0 radical (unpaired) electrons. The Bertz CT molecular complexity index is 505. The van der Waals surface area contributed by atoms with Gasteiger partial charge in [0.25, 0.3) is 5.91 Å². The first-order valence-electron chi connectivity index (χ1n) is 7.53. The van der Waals surface area contributed by atoms with Crippen LogP contribution in [0.2, 0.25) is 0 Å². The van der Waals surface area contributed by atoms with Crippen molar-refractivity contribution in [1.82, 2.24) is 5.43 Å². The van der Waals surface area contributed by atoms with E-state index in [1.807, 2.05) is 24.3 Å². The third kappa shape index (κ3) is 4.88. The minimum Gasteiger partial charge on any atom is -0.484 e. The second-order valence-corrected chi connectivity index (χ2v) is 6.48. The summed E-state index contributed by atoms with van der Waals surface area (Å²) >= 11 is 0. The van der Waals surface area contributed by atoms with Gasteiger partial charge in [-0.3, -0.25) is 4.79 Å². The summed E-state index contributed by atoms with van der Waals surface area (Å²) < 4.78 is 5.47. The van der Waals surface area contributed by atoms with Crippen molar-refractivity contribution < 1.29 is 9.53 Å². The maximum atomic E-state index is 11.7. The van der Waals surface area contributed by atoms with E-state index in [-0.39, 0.29) is 17.9 Å². The molecule has 0 spiro atoms. The summed E-state index contributed by atoms with van der Waals surface area (Å²) in [6, 6.07) is 7.87. The molecule has 4 heteroatoms. The highest BCUT2D eigenvalue weighted by atomic mass is 16.5. The van der Waals surface area contributed by atoms with Crippen LogP contribution in [-0.2, 0) is 10.2 Å². The molecule has 4 nitrogen and oxygen atoms in total. The van der Waals surface area contributed by atoms with Gasteiger partial charge in [0.1, 0.15) is 5.75 Å². The standard InChI is InChI=1S/C17H24N2O2/c1-17(2,3)13-8-10-15(11-9-13)21-12-16(20)19-18-14-6-4-5-7-14/h8-11H,4-7,12H2,1-3H3,(H,19,20). The molecule has 1 aromatic rings. The molecule has 0 saturated heterocycles. The zero-order valence-corrected chi connectivity index (χ0v) is 13.1. The van der Waals surface area contributed by atoms with E-state index in [2.05, 4.69) is 31.3 Å². The minimum absolute atomic E-state index is 0.00829. The lowest BCUT2D eigenvalue weighted by Gasteiger charge is -2.19. The minimum atomic E-state index is -0.214. The fourth-order valence-corrected chi connectivity index (χ4v) is 2.27. The van der Waals surface area contributed by atoms with E-state index < -0.39 is 0 Å². The summed E-state index contributed by atoms with van der Waals surface area (Å²) in [4.78, 5) is 11.7. The number of carbonyl (C=O) groups is 1. The smallest absolute Gasteiger partial charge is 0.277 e. The van der Waals surface area contributed by atoms with Crippen molar-refractivity contribution in [2.24, 2.45) is 5.10 Å². The Morgan fingerprint density at radius 3 is 2.38 bits per heavy atom. The summed E-state index contributed by atoms with van der Waals surface area (Å²) in [5, 5.41) is 4.12. The molecule has 0 atom stereocenters. The second kappa shape index (κ2) is 6.74.